The smallest absolute Gasteiger partial charge is 0.0747 e. The van der Waals surface area contributed by atoms with Gasteiger partial charge in [-0.3, -0.25) is 0 Å². The lowest BCUT2D eigenvalue weighted by molar-refractivity contribution is 0.304. The average Bonchev–Trinajstić information content (AvgIpc) is 2.75. The number of aryl methyl sites for hydroxylation is 1. The lowest BCUT2D eigenvalue weighted by Gasteiger charge is -2.20. The molecule has 20 heavy (non-hydrogen) atoms. The number of fused-ring (bicyclic) bond motifs is 3. The molecule has 3 N–H and O–H groups in total. The Morgan fingerprint density at radius 1 is 1.20 bits per heavy atom. The van der Waals surface area contributed by atoms with Crippen LogP contribution < -0.4 is 10.6 Å². The van der Waals surface area contributed by atoms with Crippen LogP contribution >= 0.6 is 0 Å². The minimum Gasteiger partial charge on any atom is -0.398 e. The molecule has 104 valence electrons. The second kappa shape index (κ2) is 4.72. The van der Waals surface area contributed by atoms with Crippen molar-refractivity contribution in [3.8, 4) is 0 Å². The summed E-state index contributed by atoms with van der Waals surface area (Å²) in [5, 5.41) is 11.4. The molecule has 0 spiro atoms. The van der Waals surface area contributed by atoms with Crippen LogP contribution in [0.4, 0.5) is 11.4 Å². The summed E-state index contributed by atoms with van der Waals surface area (Å²) in [4.78, 5) is 2.06. The Hall–Kier alpha value is -2.20. The molecule has 0 aliphatic heterocycles. The quantitative estimate of drug-likeness (QED) is 0.718. The van der Waals surface area contributed by atoms with Crippen molar-refractivity contribution in [2.75, 3.05) is 30.8 Å². The number of rotatable bonds is 3. The van der Waals surface area contributed by atoms with E-state index in [0.29, 0.717) is 6.54 Å². The van der Waals surface area contributed by atoms with E-state index < -0.39 is 0 Å². The molecule has 4 heteroatoms. The molecule has 0 bridgehead atoms. The first kappa shape index (κ1) is 12.8. The first-order valence-electron chi connectivity index (χ1n) is 6.72. The monoisotopic (exact) mass is 269 g/mol. The number of nitrogen functional groups attached to an aromatic ring is 1. The molecular formula is C16H19N3O. The van der Waals surface area contributed by atoms with Gasteiger partial charge in [-0.1, -0.05) is 18.2 Å². The third-order valence-corrected chi connectivity index (χ3v) is 3.91. The maximum absolute atomic E-state index is 9.16. The molecule has 0 saturated carbocycles. The number of hydrogen-bond donors (Lipinski definition) is 2. The van der Waals surface area contributed by atoms with Crippen molar-refractivity contribution in [2.45, 2.75) is 0 Å². The van der Waals surface area contributed by atoms with E-state index in [1.807, 2.05) is 31.3 Å². The van der Waals surface area contributed by atoms with E-state index in [9.17, 15) is 0 Å². The van der Waals surface area contributed by atoms with E-state index >= 15 is 0 Å². The van der Waals surface area contributed by atoms with E-state index in [1.54, 1.807) is 0 Å². The van der Waals surface area contributed by atoms with Gasteiger partial charge in [-0.25, -0.2) is 0 Å². The van der Waals surface area contributed by atoms with Crippen LogP contribution in [-0.2, 0) is 7.05 Å². The van der Waals surface area contributed by atoms with Crippen LogP contribution in [0.3, 0.4) is 0 Å². The van der Waals surface area contributed by atoms with E-state index in [1.165, 1.54) is 10.9 Å². The largest absolute Gasteiger partial charge is 0.398 e. The highest BCUT2D eigenvalue weighted by molar-refractivity contribution is 6.17. The Morgan fingerprint density at radius 2 is 1.95 bits per heavy atom. The van der Waals surface area contributed by atoms with Gasteiger partial charge in [0.15, 0.2) is 0 Å². The number of hydrogen-bond acceptors (Lipinski definition) is 3. The van der Waals surface area contributed by atoms with Gasteiger partial charge in [-0.15, -0.1) is 0 Å². The molecule has 0 aliphatic carbocycles. The number of likely N-dealkylation sites (N-methyl/N-ethyl adjacent to an activating group) is 1. The Balaban J connectivity index is 2.42. The molecule has 0 amide bonds. The third kappa shape index (κ3) is 1.72. The van der Waals surface area contributed by atoms with E-state index in [0.717, 1.165) is 22.3 Å². The van der Waals surface area contributed by atoms with E-state index in [-0.39, 0.29) is 6.61 Å². The van der Waals surface area contributed by atoms with Crippen LogP contribution in [0.25, 0.3) is 21.8 Å². The van der Waals surface area contributed by atoms with E-state index in [4.69, 9.17) is 10.8 Å². The number of aliphatic hydroxyl groups is 1. The van der Waals surface area contributed by atoms with Gasteiger partial charge in [0.1, 0.15) is 0 Å². The van der Waals surface area contributed by atoms with Crippen LogP contribution in [0.5, 0.6) is 0 Å². The average molecular weight is 269 g/mol. The van der Waals surface area contributed by atoms with Crippen molar-refractivity contribution in [2.24, 2.45) is 7.05 Å². The summed E-state index contributed by atoms with van der Waals surface area (Å²) in [7, 11) is 4.04. The fourth-order valence-electron chi connectivity index (χ4n) is 2.89. The Bertz CT molecular complexity index is 776. The SMILES string of the molecule is CN(CCO)c1ccc(N)c2c3ccccc3n(C)c12. The molecule has 0 aliphatic rings. The molecule has 0 unspecified atom stereocenters. The first-order valence-corrected chi connectivity index (χ1v) is 6.72. The van der Waals surface area contributed by atoms with Crippen LogP contribution in [0, 0.1) is 0 Å². The highest BCUT2D eigenvalue weighted by Crippen LogP contribution is 2.37. The Labute approximate surface area is 118 Å². The molecule has 1 aromatic heterocycles. The number of aliphatic hydroxyl groups excluding tert-OH is 1. The standard InChI is InChI=1S/C16H19N3O/c1-18(9-10-20)14-8-7-12(17)15-11-5-3-4-6-13(11)19(2)16(14)15/h3-8,20H,9-10,17H2,1-2H3. The molecule has 4 nitrogen and oxygen atoms in total. The summed E-state index contributed by atoms with van der Waals surface area (Å²) in [5.41, 5.74) is 10.4. The Morgan fingerprint density at radius 3 is 2.70 bits per heavy atom. The van der Waals surface area contributed by atoms with Crippen molar-refractivity contribution in [1.82, 2.24) is 4.57 Å². The number of benzene rings is 2. The van der Waals surface area contributed by atoms with Crippen LogP contribution in [0.15, 0.2) is 36.4 Å². The maximum Gasteiger partial charge on any atom is 0.0747 e. The molecule has 0 atom stereocenters. The number of para-hydroxylation sites is 1. The summed E-state index contributed by atoms with van der Waals surface area (Å²) in [6.45, 7) is 0.729. The Kier molecular flexibility index (Phi) is 3.03. The van der Waals surface area contributed by atoms with Crippen molar-refractivity contribution >= 4 is 33.2 Å². The summed E-state index contributed by atoms with van der Waals surface area (Å²) in [5.74, 6) is 0. The predicted octanol–water partition coefficient (Wildman–Crippen LogP) is 2.34. The van der Waals surface area contributed by atoms with Gasteiger partial charge in [0.2, 0.25) is 0 Å². The molecule has 0 saturated heterocycles. The van der Waals surface area contributed by atoms with Gasteiger partial charge in [0, 0.05) is 42.6 Å². The third-order valence-electron chi connectivity index (χ3n) is 3.91. The van der Waals surface area contributed by atoms with Crippen molar-refractivity contribution in [3.05, 3.63) is 36.4 Å². The summed E-state index contributed by atoms with van der Waals surface area (Å²) in [6, 6.07) is 12.2. The zero-order valence-corrected chi connectivity index (χ0v) is 11.8. The van der Waals surface area contributed by atoms with Gasteiger partial charge in [0.05, 0.1) is 17.8 Å². The molecular weight excluding hydrogens is 250 g/mol. The second-order valence-electron chi connectivity index (χ2n) is 5.12. The molecule has 0 fully saturated rings. The van der Waals surface area contributed by atoms with Gasteiger partial charge in [0.25, 0.3) is 0 Å². The number of nitrogens with two attached hydrogens (primary N) is 1. The fourth-order valence-corrected chi connectivity index (χ4v) is 2.89. The normalized spacial score (nSPS) is 11.3. The molecule has 2 aromatic carbocycles. The van der Waals surface area contributed by atoms with Crippen LogP contribution in [-0.4, -0.2) is 29.9 Å². The van der Waals surface area contributed by atoms with Gasteiger partial charge in [-0.05, 0) is 18.2 Å². The molecule has 0 radical (unpaired) electrons. The van der Waals surface area contributed by atoms with E-state index in [2.05, 4.69) is 28.6 Å². The van der Waals surface area contributed by atoms with Gasteiger partial charge in [-0.2, -0.15) is 0 Å². The number of nitrogens with zero attached hydrogens (tertiary/aromatic N) is 2. The van der Waals surface area contributed by atoms with Crippen LogP contribution in [0.1, 0.15) is 0 Å². The van der Waals surface area contributed by atoms with Crippen molar-refractivity contribution < 1.29 is 5.11 Å². The topological polar surface area (TPSA) is 54.4 Å². The minimum absolute atomic E-state index is 0.131. The molecule has 3 rings (SSSR count). The first-order chi connectivity index (χ1) is 9.65. The highest BCUT2D eigenvalue weighted by Gasteiger charge is 2.15. The lowest BCUT2D eigenvalue weighted by Crippen LogP contribution is -2.21. The fraction of sp³-hybridized carbons (Fsp3) is 0.250. The summed E-state index contributed by atoms with van der Waals surface area (Å²) in [6.07, 6.45) is 0. The molecule has 3 aromatic rings. The van der Waals surface area contributed by atoms with Gasteiger partial charge >= 0.3 is 0 Å². The molecule has 1 heterocycles. The van der Waals surface area contributed by atoms with Crippen molar-refractivity contribution in [3.63, 3.8) is 0 Å². The maximum atomic E-state index is 9.16. The predicted molar refractivity (Wildman–Crippen MR) is 85.2 cm³/mol. The minimum atomic E-state index is 0.131. The summed E-state index contributed by atoms with van der Waals surface area (Å²) >= 11 is 0. The zero-order chi connectivity index (χ0) is 14.3. The highest BCUT2D eigenvalue weighted by atomic mass is 16.3. The second-order valence-corrected chi connectivity index (χ2v) is 5.12. The lowest BCUT2D eigenvalue weighted by atomic mass is 10.1. The number of aromatic nitrogens is 1. The zero-order valence-electron chi connectivity index (χ0n) is 11.8. The number of anilines is 2. The van der Waals surface area contributed by atoms with Gasteiger partial charge < -0.3 is 20.3 Å². The van der Waals surface area contributed by atoms with Crippen LogP contribution in [0.2, 0.25) is 0 Å². The van der Waals surface area contributed by atoms with Crippen molar-refractivity contribution in [1.29, 1.82) is 0 Å². The summed E-state index contributed by atoms with van der Waals surface area (Å²) < 4.78 is 2.17.